The van der Waals surface area contributed by atoms with E-state index in [1.807, 2.05) is 41.1 Å². The Morgan fingerprint density at radius 3 is 2.58 bits per heavy atom. The van der Waals surface area contributed by atoms with Crippen LogP contribution >= 0.6 is 22.9 Å². The summed E-state index contributed by atoms with van der Waals surface area (Å²) in [6.45, 7) is 0.512. The molecule has 8 heteroatoms. The summed E-state index contributed by atoms with van der Waals surface area (Å²) < 4.78 is 18.1. The Labute approximate surface area is 154 Å². The average molecular weight is 443 g/mol. The Bertz CT molecular complexity index is 724. The van der Waals surface area contributed by atoms with Crippen molar-refractivity contribution >= 4 is 40.5 Å². The van der Waals surface area contributed by atoms with Crippen LogP contribution in [0.2, 0.25) is 0 Å². The van der Waals surface area contributed by atoms with Crippen molar-refractivity contribution in [3.63, 3.8) is 0 Å². The summed E-state index contributed by atoms with van der Waals surface area (Å²) in [6, 6.07) is 8.99. The van der Waals surface area contributed by atoms with E-state index in [0.717, 1.165) is 17.1 Å². The Morgan fingerprint density at radius 1 is 1.17 bits per heavy atom. The lowest BCUT2D eigenvalue weighted by molar-refractivity contribution is 0.0601. The number of nitrogens with one attached hydrogen (secondary N) is 2. The molecule has 0 amide bonds. The van der Waals surface area contributed by atoms with E-state index in [4.69, 9.17) is 14.2 Å². The van der Waals surface area contributed by atoms with Gasteiger partial charge in [-0.05, 0) is 24.3 Å². The number of aromatic nitrogens is 1. The highest BCUT2D eigenvalue weighted by molar-refractivity contribution is 14.1. The number of ether oxygens (including phenoxy) is 3. The highest BCUT2D eigenvalue weighted by Gasteiger charge is 2.13. The molecule has 1 aromatic heterocycles. The lowest BCUT2D eigenvalue weighted by Crippen LogP contribution is -2.08. The number of rotatable bonds is 7. The van der Waals surface area contributed by atoms with Gasteiger partial charge in [0.25, 0.3) is 0 Å². The number of anilines is 2. The first-order valence-electron chi connectivity index (χ1n) is 7.03. The summed E-state index contributed by atoms with van der Waals surface area (Å²) in [5.74, 6) is 2.08. The molecule has 0 saturated carbocycles. The molecule has 2 aromatic rings. The molecule has 2 N–H and O–H groups in total. The SMILES string of the molecule is COC(=O)c1ccc(NCc2ccc(OC)cc2OC)nc1NI. The fourth-order valence-electron chi connectivity index (χ4n) is 2.09. The van der Waals surface area contributed by atoms with E-state index in [0.29, 0.717) is 23.7 Å². The van der Waals surface area contributed by atoms with Gasteiger partial charge in [-0.25, -0.2) is 9.78 Å². The highest BCUT2D eigenvalue weighted by Crippen LogP contribution is 2.26. The number of benzene rings is 1. The van der Waals surface area contributed by atoms with Gasteiger partial charge in [0.15, 0.2) is 5.82 Å². The Morgan fingerprint density at radius 2 is 1.96 bits per heavy atom. The lowest BCUT2D eigenvalue weighted by Gasteiger charge is -2.13. The summed E-state index contributed by atoms with van der Waals surface area (Å²) in [5.41, 5.74) is 1.33. The van der Waals surface area contributed by atoms with E-state index in [2.05, 4.69) is 13.8 Å². The van der Waals surface area contributed by atoms with Crippen molar-refractivity contribution in [2.75, 3.05) is 30.2 Å². The summed E-state index contributed by atoms with van der Waals surface area (Å²) in [7, 11) is 4.55. The topological polar surface area (TPSA) is 81.7 Å². The number of pyridine rings is 1. The number of methoxy groups -OCH3 is 3. The van der Waals surface area contributed by atoms with Gasteiger partial charge >= 0.3 is 5.97 Å². The fraction of sp³-hybridized carbons (Fsp3) is 0.250. The second-order valence-electron chi connectivity index (χ2n) is 4.71. The molecule has 0 fully saturated rings. The number of carbonyl (C=O) groups excluding carboxylic acids is 1. The van der Waals surface area contributed by atoms with Crippen molar-refractivity contribution in [3.05, 3.63) is 41.5 Å². The largest absolute Gasteiger partial charge is 0.497 e. The third kappa shape index (κ3) is 4.19. The minimum absolute atomic E-state index is 0.375. The van der Waals surface area contributed by atoms with Gasteiger partial charge in [-0.2, -0.15) is 0 Å². The normalized spacial score (nSPS) is 10.0. The zero-order valence-electron chi connectivity index (χ0n) is 13.6. The van der Waals surface area contributed by atoms with E-state index in [1.54, 1.807) is 26.4 Å². The van der Waals surface area contributed by atoms with Gasteiger partial charge in [0, 0.05) is 18.2 Å². The number of hydrogen-bond acceptors (Lipinski definition) is 7. The van der Waals surface area contributed by atoms with Crippen LogP contribution in [0.3, 0.4) is 0 Å². The maximum absolute atomic E-state index is 11.7. The van der Waals surface area contributed by atoms with Crippen LogP contribution in [0.15, 0.2) is 30.3 Å². The molecule has 0 saturated heterocycles. The number of hydrogen-bond donors (Lipinski definition) is 2. The van der Waals surface area contributed by atoms with Crippen LogP contribution in [-0.4, -0.2) is 32.3 Å². The van der Waals surface area contributed by atoms with Crippen molar-refractivity contribution in [1.82, 2.24) is 4.98 Å². The summed E-state index contributed by atoms with van der Waals surface area (Å²) in [4.78, 5) is 16.0. The predicted molar refractivity (Wildman–Crippen MR) is 100 cm³/mol. The van der Waals surface area contributed by atoms with Crippen LogP contribution in [0.4, 0.5) is 11.6 Å². The molecule has 0 aliphatic heterocycles. The van der Waals surface area contributed by atoms with E-state index < -0.39 is 5.97 Å². The summed E-state index contributed by atoms with van der Waals surface area (Å²) in [6.07, 6.45) is 0. The predicted octanol–water partition coefficient (Wildman–Crippen LogP) is 3.26. The maximum Gasteiger partial charge on any atom is 0.341 e. The Balaban J connectivity index is 2.16. The molecule has 0 bridgehead atoms. The standard InChI is InChI=1S/C16H18IN3O4/c1-22-11-5-4-10(13(8-11)23-2)9-18-14-7-6-12(16(21)24-3)15(19-14)20-17/h4-8H,9H2,1-3H3,(H2,18,19,20). The van der Waals surface area contributed by atoms with E-state index in [-0.39, 0.29) is 0 Å². The van der Waals surface area contributed by atoms with E-state index in [9.17, 15) is 4.79 Å². The molecule has 0 atom stereocenters. The van der Waals surface area contributed by atoms with E-state index >= 15 is 0 Å². The molecule has 1 heterocycles. The molecule has 2 rings (SSSR count). The minimum Gasteiger partial charge on any atom is -0.497 e. The van der Waals surface area contributed by atoms with Crippen molar-refractivity contribution in [2.24, 2.45) is 0 Å². The molecular formula is C16H18IN3O4. The van der Waals surface area contributed by atoms with Gasteiger partial charge in [-0.15, -0.1) is 0 Å². The number of esters is 1. The second kappa shape index (κ2) is 8.57. The van der Waals surface area contributed by atoms with Crippen LogP contribution < -0.4 is 18.3 Å². The third-order valence-corrected chi connectivity index (χ3v) is 3.86. The van der Waals surface area contributed by atoms with Gasteiger partial charge in [0.05, 0.1) is 44.2 Å². The molecule has 128 valence electrons. The van der Waals surface area contributed by atoms with Crippen molar-refractivity contribution < 1.29 is 19.0 Å². The molecule has 0 radical (unpaired) electrons. The molecule has 0 spiro atoms. The third-order valence-electron chi connectivity index (χ3n) is 3.34. The lowest BCUT2D eigenvalue weighted by atomic mass is 10.2. The highest BCUT2D eigenvalue weighted by atomic mass is 127. The Hall–Kier alpha value is -2.23. The smallest absolute Gasteiger partial charge is 0.341 e. The molecule has 0 aliphatic rings. The number of nitrogens with zero attached hydrogens (tertiary/aromatic N) is 1. The molecule has 0 unspecified atom stereocenters. The van der Waals surface area contributed by atoms with Crippen LogP contribution in [0.1, 0.15) is 15.9 Å². The number of halogens is 1. The van der Waals surface area contributed by atoms with Crippen molar-refractivity contribution in [2.45, 2.75) is 6.54 Å². The second-order valence-corrected chi connectivity index (χ2v) is 5.25. The maximum atomic E-state index is 11.7. The van der Waals surface area contributed by atoms with Crippen LogP contribution in [-0.2, 0) is 11.3 Å². The van der Waals surface area contributed by atoms with Gasteiger partial charge in [-0.1, -0.05) is 0 Å². The van der Waals surface area contributed by atoms with E-state index in [1.165, 1.54) is 7.11 Å². The van der Waals surface area contributed by atoms with Gasteiger partial charge < -0.3 is 23.1 Å². The van der Waals surface area contributed by atoms with Crippen molar-refractivity contribution in [1.29, 1.82) is 0 Å². The van der Waals surface area contributed by atoms with Gasteiger partial charge in [0.1, 0.15) is 22.9 Å². The van der Waals surface area contributed by atoms with Crippen LogP contribution in [0, 0.1) is 0 Å². The Kier molecular flexibility index (Phi) is 6.47. The monoisotopic (exact) mass is 443 g/mol. The zero-order valence-corrected chi connectivity index (χ0v) is 15.7. The zero-order chi connectivity index (χ0) is 17.5. The van der Waals surface area contributed by atoms with Crippen LogP contribution in [0.5, 0.6) is 11.5 Å². The summed E-state index contributed by atoms with van der Waals surface area (Å²) >= 11 is 1.92. The molecule has 1 aromatic carbocycles. The first-order valence-corrected chi connectivity index (χ1v) is 8.11. The number of carbonyl (C=O) groups is 1. The first-order chi connectivity index (χ1) is 11.6. The van der Waals surface area contributed by atoms with Gasteiger partial charge in [-0.3, -0.25) is 0 Å². The molecular weight excluding hydrogens is 425 g/mol. The average Bonchev–Trinajstić information content (AvgIpc) is 2.65. The quantitative estimate of drug-likeness (QED) is 0.386. The first kappa shape index (κ1) is 18.1. The fourth-order valence-corrected chi connectivity index (χ4v) is 2.50. The minimum atomic E-state index is -0.440. The van der Waals surface area contributed by atoms with Crippen LogP contribution in [0.25, 0.3) is 0 Å². The molecule has 7 nitrogen and oxygen atoms in total. The molecule has 24 heavy (non-hydrogen) atoms. The molecule has 0 aliphatic carbocycles. The van der Waals surface area contributed by atoms with Gasteiger partial charge in [0.2, 0.25) is 0 Å². The summed E-state index contributed by atoms with van der Waals surface area (Å²) in [5, 5.41) is 3.20. The van der Waals surface area contributed by atoms with Crippen molar-refractivity contribution in [3.8, 4) is 11.5 Å².